The fourth-order valence-corrected chi connectivity index (χ4v) is 3.04. The minimum atomic E-state index is -4.86. The SMILES string of the molecule is Cc1cc(-c2ccc(F)c(C(F)(F)F)c2)n2c1C(O)C(F)(F)CC2. The first kappa shape index (κ1) is 16.9. The summed E-state index contributed by atoms with van der Waals surface area (Å²) in [6.45, 7) is 1.34. The quantitative estimate of drug-likeness (QED) is 0.742. The van der Waals surface area contributed by atoms with Crippen LogP contribution < -0.4 is 0 Å². The van der Waals surface area contributed by atoms with E-state index < -0.39 is 36.0 Å². The zero-order valence-corrected chi connectivity index (χ0v) is 12.5. The first-order valence-corrected chi connectivity index (χ1v) is 7.15. The van der Waals surface area contributed by atoms with Crippen molar-refractivity contribution in [3.63, 3.8) is 0 Å². The van der Waals surface area contributed by atoms with E-state index in [0.717, 1.165) is 6.07 Å². The molecule has 0 saturated heterocycles. The number of nitrogens with zero attached hydrogens (tertiary/aromatic N) is 1. The molecule has 2 heterocycles. The molecule has 1 unspecified atom stereocenters. The van der Waals surface area contributed by atoms with Crippen LogP contribution in [0.5, 0.6) is 0 Å². The van der Waals surface area contributed by atoms with Gasteiger partial charge in [0.2, 0.25) is 0 Å². The highest BCUT2D eigenvalue weighted by molar-refractivity contribution is 5.64. The molecule has 8 heteroatoms. The molecule has 1 aliphatic rings. The van der Waals surface area contributed by atoms with Crippen LogP contribution in [-0.2, 0) is 12.7 Å². The van der Waals surface area contributed by atoms with Gasteiger partial charge in [-0.3, -0.25) is 0 Å². The maximum absolute atomic E-state index is 13.7. The number of aliphatic hydroxyl groups is 1. The summed E-state index contributed by atoms with van der Waals surface area (Å²) in [7, 11) is 0. The summed E-state index contributed by atoms with van der Waals surface area (Å²) in [5.41, 5.74) is -0.818. The number of aliphatic hydroxyl groups excluding tert-OH is 1. The maximum atomic E-state index is 13.7. The van der Waals surface area contributed by atoms with E-state index in [2.05, 4.69) is 0 Å². The monoisotopic (exact) mass is 349 g/mol. The predicted octanol–water partition coefficient (Wildman–Crippen LogP) is 4.69. The van der Waals surface area contributed by atoms with Crippen molar-refractivity contribution in [1.29, 1.82) is 0 Å². The van der Waals surface area contributed by atoms with Gasteiger partial charge in [0.1, 0.15) is 5.82 Å². The summed E-state index contributed by atoms with van der Waals surface area (Å²) in [5.74, 6) is -4.70. The zero-order valence-electron chi connectivity index (χ0n) is 12.5. The van der Waals surface area contributed by atoms with Gasteiger partial charge in [-0.1, -0.05) is 0 Å². The van der Waals surface area contributed by atoms with Gasteiger partial charge in [0.15, 0.2) is 6.10 Å². The normalized spacial score (nSPS) is 20.1. The Kier molecular flexibility index (Phi) is 3.71. The number of fused-ring (bicyclic) bond motifs is 1. The van der Waals surface area contributed by atoms with Gasteiger partial charge in [-0.05, 0) is 42.3 Å². The highest BCUT2D eigenvalue weighted by Gasteiger charge is 2.45. The number of hydrogen-bond donors (Lipinski definition) is 1. The third-order valence-corrected chi connectivity index (χ3v) is 4.23. The number of aryl methyl sites for hydroxylation is 1. The molecular weight excluding hydrogens is 336 g/mol. The molecule has 130 valence electrons. The van der Waals surface area contributed by atoms with Gasteiger partial charge in [-0.15, -0.1) is 0 Å². The largest absolute Gasteiger partial charge is 0.419 e. The van der Waals surface area contributed by atoms with E-state index in [1.165, 1.54) is 17.6 Å². The zero-order chi connectivity index (χ0) is 17.9. The lowest BCUT2D eigenvalue weighted by atomic mass is 10.0. The van der Waals surface area contributed by atoms with Crippen molar-refractivity contribution in [2.45, 2.75) is 38.1 Å². The Balaban J connectivity index is 2.15. The molecule has 0 spiro atoms. The third kappa shape index (κ3) is 2.58. The van der Waals surface area contributed by atoms with Crippen molar-refractivity contribution < 1.29 is 31.4 Å². The lowest BCUT2D eigenvalue weighted by Gasteiger charge is -2.31. The van der Waals surface area contributed by atoms with Gasteiger partial charge >= 0.3 is 6.18 Å². The van der Waals surface area contributed by atoms with Gasteiger partial charge in [-0.25, -0.2) is 13.2 Å². The predicted molar refractivity (Wildman–Crippen MR) is 74.1 cm³/mol. The summed E-state index contributed by atoms with van der Waals surface area (Å²) in [6, 6.07) is 3.93. The summed E-state index contributed by atoms with van der Waals surface area (Å²) < 4.78 is 80.7. The Morgan fingerprint density at radius 2 is 1.88 bits per heavy atom. The van der Waals surface area contributed by atoms with Gasteiger partial charge in [0, 0.05) is 18.7 Å². The minimum absolute atomic E-state index is 0.0286. The average Bonchev–Trinajstić information content (AvgIpc) is 2.80. The summed E-state index contributed by atoms with van der Waals surface area (Å²) >= 11 is 0. The summed E-state index contributed by atoms with van der Waals surface area (Å²) in [4.78, 5) is 0. The molecule has 3 rings (SSSR count). The third-order valence-electron chi connectivity index (χ3n) is 4.23. The topological polar surface area (TPSA) is 25.2 Å². The lowest BCUT2D eigenvalue weighted by Crippen LogP contribution is -2.35. The van der Waals surface area contributed by atoms with Crippen LogP contribution in [0.4, 0.5) is 26.3 Å². The Bertz CT molecular complexity index is 793. The Labute approximate surface area is 133 Å². The highest BCUT2D eigenvalue weighted by Crippen LogP contribution is 2.43. The lowest BCUT2D eigenvalue weighted by molar-refractivity contribution is -0.139. The molecule has 1 N–H and O–H groups in total. The maximum Gasteiger partial charge on any atom is 0.419 e. The number of benzene rings is 1. The molecule has 0 saturated carbocycles. The summed E-state index contributed by atoms with van der Waals surface area (Å²) in [5, 5.41) is 9.85. The van der Waals surface area contributed by atoms with Crippen molar-refractivity contribution in [1.82, 2.24) is 4.57 Å². The second-order valence-corrected chi connectivity index (χ2v) is 5.86. The van der Waals surface area contributed by atoms with Crippen molar-refractivity contribution in [2.24, 2.45) is 0 Å². The number of halogens is 6. The van der Waals surface area contributed by atoms with E-state index in [1.807, 2.05) is 0 Å². The highest BCUT2D eigenvalue weighted by atomic mass is 19.4. The van der Waals surface area contributed by atoms with Gasteiger partial charge < -0.3 is 9.67 Å². The van der Waals surface area contributed by atoms with E-state index in [1.54, 1.807) is 0 Å². The Morgan fingerprint density at radius 1 is 1.21 bits per heavy atom. The molecular formula is C16H13F6NO. The smallest absolute Gasteiger partial charge is 0.381 e. The molecule has 0 aliphatic carbocycles. The van der Waals surface area contributed by atoms with Crippen LogP contribution >= 0.6 is 0 Å². The molecule has 2 nitrogen and oxygen atoms in total. The van der Waals surface area contributed by atoms with Gasteiger partial charge in [0.25, 0.3) is 5.92 Å². The van der Waals surface area contributed by atoms with Gasteiger partial charge in [0.05, 0.1) is 11.3 Å². The first-order chi connectivity index (χ1) is 11.0. The van der Waals surface area contributed by atoms with Crippen LogP contribution in [0.3, 0.4) is 0 Å². The van der Waals surface area contributed by atoms with Crippen molar-refractivity contribution in [3.8, 4) is 11.3 Å². The Morgan fingerprint density at radius 3 is 2.50 bits per heavy atom. The van der Waals surface area contributed by atoms with Crippen LogP contribution in [0.2, 0.25) is 0 Å². The summed E-state index contributed by atoms with van der Waals surface area (Å²) in [6.07, 6.45) is -7.52. The number of rotatable bonds is 1. The standard InChI is InChI=1S/C16H13F6NO/c1-8-6-12(23-5-4-15(18,19)14(24)13(8)23)9-2-3-11(17)10(7-9)16(20,21)22/h2-3,6-7,14,24H,4-5H2,1H3. The molecule has 1 aromatic carbocycles. The Hall–Kier alpha value is -1.96. The van der Waals surface area contributed by atoms with Crippen LogP contribution in [0.1, 0.15) is 29.3 Å². The number of aromatic nitrogens is 1. The first-order valence-electron chi connectivity index (χ1n) is 7.15. The van der Waals surface area contributed by atoms with E-state index in [-0.39, 0.29) is 23.5 Å². The van der Waals surface area contributed by atoms with Crippen LogP contribution in [0.15, 0.2) is 24.3 Å². The number of hydrogen-bond acceptors (Lipinski definition) is 1. The second kappa shape index (κ2) is 5.27. The molecule has 1 aromatic heterocycles. The van der Waals surface area contributed by atoms with E-state index in [9.17, 15) is 31.4 Å². The van der Waals surface area contributed by atoms with Crippen molar-refractivity contribution in [2.75, 3.05) is 0 Å². The minimum Gasteiger partial charge on any atom is -0.381 e. The molecule has 1 aliphatic heterocycles. The number of alkyl halides is 5. The van der Waals surface area contributed by atoms with Crippen molar-refractivity contribution >= 4 is 0 Å². The van der Waals surface area contributed by atoms with Crippen LogP contribution in [-0.4, -0.2) is 15.6 Å². The molecule has 24 heavy (non-hydrogen) atoms. The molecule has 2 aromatic rings. The average molecular weight is 349 g/mol. The van der Waals surface area contributed by atoms with Crippen LogP contribution in [0.25, 0.3) is 11.3 Å². The van der Waals surface area contributed by atoms with Crippen LogP contribution in [0, 0.1) is 12.7 Å². The molecule has 0 radical (unpaired) electrons. The fraction of sp³-hybridized carbons (Fsp3) is 0.375. The molecule has 0 bridgehead atoms. The molecule has 0 amide bonds. The molecule has 1 atom stereocenters. The van der Waals surface area contributed by atoms with E-state index in [0.29, 0.717) is 17.7 Å². The van der Waals surface area contributed by atoms with E-state index >= 15 is 0 Å². The fourth-order valence-electron chi connectivity index (χ4n) is 3.04. The van der Waals surface area contributed by atoms with E-state index in [4.69, 9.17) is 0 Å². The van der Waals surface area contributed by atoms with Crippen molar-refractivity contribution in [3.05, 3.63) is 46.9 Å². The van der Waals surface area contributed by atoms with Gasteiger partial charge in [-0.2, -0.15) is 13.2 Å². The second-order valence-electron chi connectivity index (χ2n) is 5.86. The molecule has 0 fully saturated rings.